The van der Waals surface area contributed by atoms with Crippen molar-refractivity contribution in [1.29, 1.82) is 0 Å². The number of rotatable bonds is 4. The van der Waals surface area contributed by atoms with Gasteiger partial charge >= 0.3 is 0 Å². The Morgan fingerprint density at radius 1 is 1.10 bits per heavy atom. The number of thioether (sulfide) groups is 1. The average molecular weight is 312 g/mol. The van der Waals surface area contributed by atoms with E-state index in [4.69, 9.17) is 5.73 Å². The zero-order valence-electron chi connectivity index (χ0n) is 10.7. The molecule has 3 N–H and O–H groups in total. The molecule has 0 unspecified atom stereocenters. The first-order valence-corrected chi connectivity index (χ1v) is 6.86. The van der Waals surface area contributed by atoms with E-state index >= 15 is 0 Å². The Morgan fingerprint density at radius 2 is 1.86 bits per heavy atom. The third kappa shape index (κ3) is 4.42. The molecular weight excluding hydrogens is 301 g/mol. The van der Waals surface area contributed by atoms with Crippen LogP contribution in [0.3, 0.4) is 0 Å². The number of carbonyl (C=O) groups is 1. The van der Waals surface area contributed by atoms with Crippen molar-refractivity contribution >= 4 is 29.0 Å². The van der Waals surface area contributed by atoms with E-state index in [0.29, 0.717) is 4.90 Å². The molecule has 2 rings (SSSR count). The molecule has 7 heteroatoms. The second-order valence-corrected chi connectivity index (χ2v) is 5.23. The molecule has 0 aliphatic heterocycles. The molecule has 2 aromatic rings. The van der Waals surface area contributed by atoms with Crippen molar-refractivity contribution in [2.45, 2.75) is 4.90 Å². The lowest BCUT2D eigenvalue weighted by atomic mass is 10.3. The van der Waals surface area contributed by atoms with Gasteiger partial charge in [-0.25, -0.2) is 13.2 Å². The molecule has 2 aromatic carbocycles. The van der Waals surface area contributed by atoms with Gasteiger partial charge in [-0.3, -0.25) is 4.79 Å². The Kier molecular flexibility index (Phi) is 4.74. The maximum absolute atomic E-state index is 13.3. The number of benzene rings is 2. The van der Waals surface area contributed by atoms with E-state index in [-0.39, 0.29) is 17.1 Å². The molecule has 0 atom stereocenters. The lowest BCUT2D eigenvalue weighted by Crippen LogP contribution is -2.15. The van der Waals surface area contributed by atoms with Crippen molar-refractivity contribution in [3.8, 4) is 0 Å². The highest BCUT2D eigenvalue weighted by Crippen LogP contribution is 2.22. The minimum atomic E-state index is -0.732. The minimum absolute atomic E-state index is 0.0845. The number of anilines is 2. The third-order valence-corrected chi connectivity index (χ3v) is 3.44. The monoisotopic (exact) mass is 312 g/mol. The molecule has 0 spiro atoms. The van der Waals surface area contributed by atoms with Crippen LogP contribution in [0.25, 0.3) is 0 Å². The summed E-state index contributed by atoms with van der Waals surface area (Å²) in [4.78, 5) is 12.1. The first kappa shape index (κ1) is 15.2. The Hall–Kier alpha value is -2.15. The number of nitrogens with one attached hydrogen (secondary N) is 1. The van der Waals surface area contributed by atoms with Gasteiger partial charge in [0.05, 0.1) is 11.4 Å². The molecular formula is C14H11F3N2OS. The summed E-state index contributed by atoms with van der Waals surface area (Å²) >= 11 is 1.04. The van der Waals surface area contributed by atoms with Crippen LogP contribution in [0.2, 0.25) is 0 Å². The van der Waals surface area contributed by atoms with Gasteiger partial charge in [0.25, 0.3) is 0 Å². The second kappa shape index (κ2) is 6.53. The Balaban J connectivity index is 1.97. The Labute approximate surface area is 123 Å². The summed E-state index contributed by atoms with van der Waals surface area (Å²) in [6.45, 7) is 0. The van der Waals surface area contributed by atoms with E-state index in [1.807, 2.05) is 0 Å². The molecule has 0 fully saturated rings. The molecule has 0 saturated heterocycles. The highest BCUT2D eigenvalue weighted by Gasteiger charge is 2.09. The van der Waals surface area contributed by atoms with Crippen LogP contribution in [-0.2, 0) is 4.79 Å². The molecule has 0 saturated carbocycles. The largest absolute Gasteiger partial charge is 0.399 e. The van der Waals surface area contributed by atoms with Crippen LogP contribution in [0.15, 0.2) is 41.3 Å². The first-order valence-electron chi connectivity index (χ1n) is 5.88. The number of hydrogen-bond acceptors (Lipinski definition) is 3. The van der Waals surface area contributed by atoms with E-state index in [1.54, 1.807) is 0 Å². The number of hydrogen-bond donors (Lipinski definition) is 2. The maximum atomic E-state index is 13.3. The molecule has 0 aliphatic carbocycles. The molecule has 0 bridgehead atoms. The van der Waals surface area contributed by atoms with Gasteiger partial charge in [-0.15, -0.1) is 11.8 Å². The number of carbonyl (C=O) groups excluding carboxylic acids is 1. The van der Waals surface area contributed by atoms with Crippen LogP contribution >= 0.6 is 11.8 Å². The van der Waals surface area contributed by atoms with Gasteiger partial charge in [0.2, 0.25) is 5.91 Å². The van der Waals surface area contributed by atoms with Crippen LogP contribution in [0.1, 0.15) is 0 Å². The van der Waals surface area contributed by atoms with Crippen molar-refractivity contribution in [3.63, 3.8) is 0 Å². The summed E-state index contributed by atoms with van der Waals surface area (Å²) in [5.74, 6) is -2.51. The standard InChI is InChI=1S/C14H11F3N2OS/c15-8-1-2-12(17)13(5-8)19-14(20)7-21-11-4-9(16)3-10(18)6-11/h1-6H,7,18H2,(H,19,20). The van der Waals surface area contributed by atoms with Crippen molar-refractivity contribution in [2.24, 2.45) is 0 Å². The molecule has 110 valence electrons. The number of nitrogen functional groups attached to an aromatic ring is 1. The van der Waals surface area contributed by atoms with E-state index in [0.717, 1.165) is 36.0 Å². The Bertz CT molecular complexity index is 659. The Morgan fingerprint density at radius 3 is 2.57 bits per heavy atom. The lowest BCUT2D eigenvalue weighted by molar-refractivity contribution is -0.113. The van der Waals surface area contributed by atoms with Crippen molar-refractivity contribution in [1.82, 2.24) is 0 Å². The average Bonchev–Trinajstić information content (AvgIpc) is 2.40. The topological polar surface area (TPSA) is 55.1 Å². The predicted molar refractivity (Wildman–Crippen MR) is 76.5 cm³/mol. The minimum Gasteiger partial charge on any atom is -0.399 e. The van der Waals surface area contributed by atoms with Crippen LogP contribution in [-0.4, -0.2) is 11.7 Å². The highest BCUT2D eigenvalue weighted by molar-refractivity contribution is 8.00. The summed E-state index contributed by atoms with van der Waals surface area (Å²) < 4.78 is 39.4. The van der Waals surface area contributed by atoms with E-state index < -0.39 is 23.4 Å². The van der Waals surface area contributed by atoms with E-state index in [1.165, 1.54) is 12.1 Å². The zero-order chi connectivity index (χ0) is 15.4. The molecule has 1 amide bonds. The van der Waals surface area contributed by atoms with Crippen LogP contribution < -0.4 is 11.1 Å². The number of nitrogens with two attached hydrogens (primary N) is 1. The zero-order valence-corrected chi connectivity index (χ0v) is 11.5. The molecule has 0 aliphatic rings. The van der Waals surface area contributed by atoms with Gasteiger partial charge in [0.1, 0.15) is 17.5 Å². The van der Waals surface area contributed by atoms with Gasteiger partial charge in [0, 0.05) is 16.6 Å². The molecule has 3 nitrogen and oxygen atoms in total. The van der Waals surface area contributed by atoms with Gasteiger partial charge in [-0.1, -0.05) is 0 Å². The molecule has 0 heterocycles. The SMILES string of the molecule is Nc1cc(F)cc(SCC(=O)Nc2cc(F)ccc2F)c1. The second-order valence-electron chi connectivity index (χ2n) is 4.18. The fourth-order valence-electron chi connectivity index (χ4n) is 1.60. The summed E-state index contributed by atoms with van der Waals surface area (Å²) in [6.07, 6.45) is 0. The van der Waals surface area contributed by atoms with Crippen molar-refractivity contribution in [3.05, 3.63) is 53.8 Å². The summed E-state index contributed by atoms with van der Waals surface area (Å²) in [5, 5.41) is 2.25. The van der Waals surface area contributed by atoms with Gasteiger partial charge in [-0.05, 0) is 30.3 Å². The first-order chi connectivity index (χ1) is 9.94. The van der Waals surface area contributed by atoms with E-state index in [2.05, 4.69) is 5.32 Å². The van der Waals surface area contributed by atoms with E-state index in [9.17, 15) is 18.0 Å². The molecule has 0 radical (unpaired) electrons. The normalized spacial score (nSPS) is 10.4. The summed E-state index contributed by atoms with van der Waals surface area (Å²) in [5.41, 5.74) is 5.49. The van der Waals surface area contributed by atoms with Crippen LogP contribution in [0, 0.1) is 17.5 Å². The highest BCUT2D eigenvalue weighted by atomic mass is 32.2. The molecule has 0 aromatic heterocycles. The lowest BCUT2D eigenvalue weighted by Gasteiger charge is -2.07. The van der Waals surface area contributed by atoms with Crippen LogP contribution in [0.4, 0.5) is 24.5 Å². The number of amides is 1. The quantitative estimate of drug-likeness (QED) is 0.672. The number of halogens is 3. The smallest absolute Gasteiger partial charge is 0.234 e. The molecule has 21 heavy (non-hydrogen) atoms. The fourth-order valence-corrected chi connectivity index (χ4v) is 2.38. The predicted octanol–water partition coefficient (Wildman–Crippen LogP) is 3.42. The van der Waals surface area contributed by atoms with Gasteiger partial charge in [0.15, 0.2) is 0 Å². The summed E-state index contributed by atoms with van der Waals surface area (Å²) in [7, 11) is 0. The van der Waals surface area contributed by atoms with Gasteiger partial charge in [-0.2, -0.15) is 0 Å². The van der Waals surface area contributed by atoms with Gasteiger partial charge < -0.3 is 11.1 Å². The fraction of sp³-hybridized carbons (Fsp3) is 0.0714. The van der Waals surface area contributed by atoms with Crippen molar-refractivity contribution < 1.29 is 18.0 Å². The summed E-state index contributed by atoms with van der Waals surface area (Å²) in [6, 6.07) is 6.67. The van der Waals surface area contributed by atoms with Crippen molar-refractivity contribution in [2.75, 3.05) is 16.8 Å². The maximum Gasteiger partial charge on any atom is 0.234 e. The van der Waals surface area contributed by atoms with Crippen LogP contribution in [0.5, 0.6) is 0 Å². The third-order valence-electron chi connectivity index (χ3n) is 2.47.